The summed E-state index contributed by atoms with van der Waals surface area (Å²) < 4.78 is 1.98. The van der Waals surface area contributed by atoms with E-state index in [2.05, 4.69) is 28.9 Å². The van der Waals surface area contributed by atoms with Gasteiger partial charge in [-0.3, -0.25) is 4.98 Å². The number of carbonyl (C=O) groups is 1. The average Bonchev–Trinajstić information content (AvgIpc) is 3.09. The summed E-state index contributed by atoms with van der Waals surface area (Å²) in [5, 5.41) is 13.9. The summed E-state index contributed by atoms with van der Waals surface area (Å²) in [6.45, 7) is 4.94. The molecule has 0 aliphatic carbocycles. The van der Waals surface area contributed by atoms with Gasteiger partial charge in [-0.2, -0.15) is 5.10 Å². The Morgan fingerprint density at radius 1 is 1.11 bits per heavy atom. The first-order valence-electron chi connectivity index (χ1n) is 9.32. The molecule has 6 nitrogen and oxygen atoms in total. The number of aryl methyl sites for hydroxylation is 4. The number of benzene rings is 1. The molecule has 0 aliphatic rings. The number of aromatic carboxylic acids is 1. The maximum absolute atomic E-state index is 11.4. The van der Waals surface area contributed by atoms with Gasteiger partial charge >= 0.3 is 5.97 Å². The van der Waals surface area contributed by atoms with Crippen molar-refractivity contribution in [2.75, 3.05) is 0 Å². The van der Waals surface area contributed by atoms with Crippen LogP contribution >= 0.6 is 0 Å². The highest BCUT2D eigenvalue weighted by Crippen LogP contribution is 2.23. The van der Waals surface area contributed by atoms with Gasteiger partial charge < -0.3 is 5.11 Å². The third-order valence-electron chi connectivity index (χ3n) is 4.45. The van der Waals surface area contributed by atoms with Gasteiger partial charge in [0, 0.05) is 43.3 Å². The summed E-state index contributed by atoms with van der Waals surface area (Å²) in [6.07, 6.45) is 5.29. The van der Waals surface area contributed by atoms with Crippen LogP contribution in [0.2, 0.25) is 0 Å². The van der Waals surface area contributed by atoms with E-state index < -0.39 is 5.97 Å². The maximum Gasteiger partial charge on any atom is 0.336 e. The average molecular weight is 364 g/mol. The van der Waals surface area contributed by atoms with Gasteiger partial charge in [-0.05, 0) is 24.1 Å². The fraction of sp³-hybridized carbons (Fsp3) is 0.333. The Morgan fingerprint density at radius 3 is 2.59 bits per heavy atom. The van der Waals surface area contributed by atoms with E-state index in [1.165, 1.54) is 0 Å². The fourth-order valence-corrected chi connectivity index (χ4v) is 3.04. The normalized spacial score (nSPS) is 10.9. The molecule has 0 aliphatic heterocycles. The van der Waals surface area contributed by atoms with Gasteiger partial charge in [0.05, 0.1) is 5.56 Å². The molecule has 0 radical (unpaired) electrons. The number of nitrogens with zero attached hydrogens (tertiary/aromatic N) is 4. The lowest BCUT2D eigenvalue weighted by atomic mass is 10.0. The number of carboxylic acids is 1. The third kappa shape index (κ3) is 4.39. The lowest BCUT2D eigenvalue weighted by molar-refractivity contribution is 0.0697. The lowest BCUT2D eigenvalue weighted by Gasteiger charge is -2.08. The molecule has 0 fully saturated rings. The number of carboxylic acid groups (broad SMARTS) is 1. The van der Waals surface area contributed by atoms with E-state index in [9.17, 15) is 9.90 Å². The summed E-state index contributed by atoms with van der Waals surface area (Å²) in [7, 11) is 0. The van der Waals surface area contributed by atoms with E-state index in [0.29, 0.717) is 5.56 Å². The van der Waals surface area contributed by atoms with Crippen molar-refractivity contribution in [3.8, 4) is 11.1 Å². The van der Waals surface area contributed by atoms with Crippen LogP contribution < -0.4 is 0 Å². The summed E-state index contributed by atoms with van der Waals surface area (Å²) in [5.41, 5.74) is 2.71. The molecule has 2 heterocycles. The van der Waals surface area contributed by atoms with Crippen LogP contribution in [0.3, 0.4) is 0 Å². The van der Waals surface area contributed by atoms with E-state index in [4.69, 9.17) is 0 Å². The maximum atomic E-state index is 11.4. The van der Waals surface area contributed by atoms with Crippen LogP contribution in [0, 0.1) is 0 Å². The minimum atomic E-state index is -0.934. The molecule has 27 heavy (non-hydrogen) atoms. The second-order valence-electron chi connectivity index (χ2n) is 6.41. The Labute approximate surface area is 158 Å². The van der Waals surface area contributed by atoms with Crippen LogP contribution in [0.15, 0.2) is 42.6 Å². The Morgan fingerprint density at radius 2 is 1.93 bits per heavy atom. The molecule has 0 amide bonds. The molecule has 140 valence electrons. The minimum absolute atomic E-state index is 0.283. The number of hydrogen-bond acceptors (Lipinski definition) is 4. The lowest BCUT2D eigenvalue weighted by Crippen LogP contribution is -2.09. The van der Waals surface area contributed by atoms with E-state index >= 15 is 0 Å². The van der Waals surface area contributed by atoms with Crippen molar-refractivity contribution in [3.63, 3.8) is 0 Å². The SMILES string of the molecule is CCCc1nc(CC)nn1CCc1ccc(-c2ccccc2C(=O)O)cn1. The van der Waals surface area contributed by atoms with Gasteiger partial charge in [0.25, 0.3) is 0 Å². The molecule has 0 atom stereocenters. The molecule has 1 N–H and O–H groups in total. The van der Waals surface area contributed by atoms with E-state index in [0.717, 1.165) is 55.1 Å². The van der Waals surface area contributed by atoms with Crippen LogP contribution in [0.1, 0.15) is 48.0 Å². The molecule has 3 rings (SSSR count). The predicted octanol–water partition coefficient (Wildman–Crippen LogP) is 3.80. The van der Waals surface area contributed by atoms with Crippen LogP contribution in [-0.2, 0) is 25.8 Å². The molecule has 3 aromatic rings. The van der Waals surface area contributed by atoms with Crippen LogP contribution in [-0.4, -0.2) is 30.8 Å². The van der Waals surface area contributed by atoms with Gasteiger partial charge in [0.2, 0.25) is 0 Å². The molecule has 1 aromatic carbocycles. The van der Waals surface area contributed by atoms with Gasteiger partial charge in [-0.25, -0.2) is 14.5 Å². The van der Waals surface area contributed by atoms with Crippen LogP contribution in [0.25, 0.3) is 11.1 Å². The monoisotopic (exact) mass is 364 g/mol. The fourth-order valence-electron chi connectivity index (χ4n) is 3.04. The topological polar surface area (TPSA) is 80.9 Å². The first kappa shape index (κ1) is 18.8. The van der Waals surface area contributed by atoms with Gasteiger partial charge in [0.15, 0.2) is 5.82 Å². The van der Waals surface area contributed by atoms with Crippen molar-refractivity contribution >= 4 is 5.97 Å². The number of hydrogen-bond donors (Lipinski definition) is 1. The molecule has 0 bridgehead atoms. The molecule has 2 aromatic heterocycles. The molecular formula is C21H24N4O2. The number of rotatable bonds is 8. The molecule has 6 heteroatoms. The molecule has 0 saturated heterocycles. The summed E-state index contributed by atoms with van der Waals surface area (Å²) >= 11 is 0. The van der Waals surface area contributed by atoms with Crippen LogP contribution in [0.4, 0.5) is 0 Å². The zero-order valence-electron chi connectivity index (χ0n) is 15.7. The van der Waals surface area contributed by atoms with E-state index in [1.807, 2.05) is 22.9 Å². The highest BCUT2D eigenvalue weighted by Gasteiger charge is 2.12. The van der Waals surface area contributed by atoms with Gasteiger partial charge in [-0.1, -0.05) is 38.1 Å². The van der Waals surface area contributed by atoms with E-state index in [1.54, 1.807) is 24.4 Å². The Bertz CT molecular complexity index is 916. The largest absolute Gasteiger partial charge is 0.478 e. The summed E-state index contributed by atoms with van der Waals surface area (Å²) in [4.78, 5) is 20.5. The minimum Gasteiger partial charge on any atom is -0.478 e. The third-order valence-corrected chi connectivity index (χ3v) is 4.45. The number of pyridine rings is 1. The zero-order valence-corrected chi connectivity index (χ0v) is 15.7. The van der Waals surface area contributed by atoms with Crippen molar-refractivity contribution in [3.05, 3.63) is 65.5 Å². The smallest absolute Gasteiger partial charge is 0.336 e. The molecule has 0 spiro atoms. The van der Waals surface area contributed by atoms with Gasteiger partial charge in [0.1, 0.15) is 5.82 Å². The molecule has 0 unspecified atom stereocenters. The highest BCUT2D eigenvalue weighted by atomic mass is 16.4. The van der Waals surface area contributed by atoms with Gasteiger partial charge in [-0.15, -0.1) is 0 Å². The Kier molecular flexibility index (Phi) is 5.96. The predicted molar refractivity (Wildman–Crippen MR) is 104 cm³/mol. The molecule has 0 saturated carbocycles. The zero-order chi connectivity index (χ0) is 19.2. The van der Waals surface area contributed by atoms with Crippen molar-refractivity contribution in [2.45, 2.75) is 46.1 Å². The second kappa shape index (κ2) is 8.58. The second-order valence-corrected chi connectivity index (χ2v) is 6.41. The highest BCUT2D eigenvalue weighted by molar-refractivity contribution is 5.95. The van der Waals surface area contributed by atoms with Crippen molar-refractivity contribution < 1.29 is 9.90 Å². The van der Waals surface area contributed by atoms with Crippen molar-refractivity contribution in [1.29, 1.82) is 0 Å². The Hall–Kier alpha value is -3.02. The summed E-state index contributed by atoms with van der Waals surface area (Å²) in [5.74, 6) is 0.976. The first-order chi connectivity index (χ1) is 13.1. The Balaban J connectivity index is 1.74. The standard InChI is InChI=1S/C21H24N4O2/c1-3-7-20-23-19(4-2)24-25(20)13-12-16-11-10-15(14-22-16)17-8-5-6-9-18(17)21(26)27/h5-6,8-11,14H,3-4,7,12-13H2,1-2H3,(H,26,27). The quantitative estimate of drug-likeness (QED) is 0.657. The van der Waals surface area contributed by atoms with Crippen molar-refractivity contribution in [2.24, 2.45) is 0 Å². The van der Waals surface area contributed by atoms with Crippen molar-refractivity contribution in [1.82, 2.24) is 19.7 Å². The summed E-state index contributed by atoms with van der Waals surface area (Å²) in [6, 6.07) is 10.9. The van der Waals surface area contributed by atoms with Crippen LogP contribution in [0.5, 0.6) is 0 Å². The number of aromatic nitrogens is 4. The van der Waals surface area contributed by atoms with E-state index in [-0.39, 0.29) is 5.56 Å². The first-order valence-corrected chi connectivity index (χ1v) is 9.32. The molecular weight excluding hydrogens is 340 g/mol.